The van der Waals surface area contributed by atoms with E-state index in [-0.39, 0.29) is 30.6 Å². The molecule has 0 fully saturated rings. The molecule has 5 nitrogen and oxygen atoms in total. The lowest BCUT2D eigenvalue weighted by atomic mass is 10.1. The summed E-state index contributed by atoms with van der Waals surface area (Å²) >= 11 is 0. The summed E-state index contributed by atoms with van der Waals surface area (Å²) in [7, 11) is 0. The van der Waals surface area contributed by atoms with Crippen LogP contribution < -0.4 is 11.1 Å². The van der Waals surface area contributed by atoms with Crippen molar-refractivity contribution in [2.24, 2.45) is 5.73 Å². The van der Waals surface area contributed by atoms with Crippen LogP contribution in [0.15, 0.2) is 28.7 Å². The second kappa shape index (κ2) is 5.27. The summed E-state index contributed by atoms with van der Waals surface area (Å²) < 4.78 is 43.3. The van der Waals surface area contributed by atoms with Gasteiger partial charge in [0.2, 0.25) is 5.89 Å². The third-order valence-corrected chi connectivity index (χ3v) is 2.39. The smallest absolute Gasteiger partial charge is 0.407 e. The molecule has 0 radical (unpaired) electrons. The summed E-state index contributed by atoms with van der Waals surface area (Å²) in [6.07, 6.45) is -4.39. The number of anilines is 1. The number of rotatable bonds is 4. The van der Waals surface area contributed by atoms with E-state index >= 15 is 0 Å². The Morgan fingerprint density at radius 3 is 2.58 bits per heavy atom. The molecule has 102 valence electrons. The van der Waals surface area contributed by atoms with Crippen LogP contribution in [0.25, 0.3) is 0 Å². The standard InChI is InChI=1S/C11H11F3N4O/c12-11(13,14)8-4-2-1-3-7(8)6-16-10-18-17-9(5-15)19-10/h1-4H,5-6,15H2,(H,16,18). The van der Waals surface area contributed by atoms with Crippen LogP contribution in [-0.2, 0) is 19.3 Å². The van der Waals surface area contributed by atoms with E-state index in [2.05, 4.69) is 15.5 Å². The number of hydrogen-bond donors (Lipinski definition) is 2. The van der Waals surface area contributed by atoms with Crippen LogP contribution in [-0.4, -0.2) is 10.2 Å². The first-order valence-electron chi connectivity index (χ1n) is 5.42. The highest BCUT2D eigenvalue weighted by Gasteiger charge is 2.32. The molecule has 0 unspecified atom stereocenters. The highest BCUT2D eigenvalue weighted by molar-refractivity contribution is 5.32. The van der Waals surface area contributed by atoms with Gasteiger partial charge in [0, 0.05) is 6.54 Å². The zero-order chi connectivity index (χ0) is 13.9. The highest BCUT2D eigenvalue weighted by atomic mass is 19.4. The summed E-state index contributed by atoms with van der Waals surface area (Å²) in [4.78, 5) is 0. The lowest BCUT2D eigenvalue weighted by Crippen LogP contribution is -2.11. The van der Waals surface area contributed by atoms with Crippen LogP contribution >= 0.6 is 0 Å². The van der Waals surface area contributed by atoms with Crippen molar-refractivity contribution < 1.29 is 17.6 Å². The Morgan fingerprint density at radius 2 is 1.95 bits per heavy atom. The van der Waals surface area contributed by atoms with Gasteiger partial charge < -0.3 is 15.5 Å². The average Bonchev–Trinajstić information content (AvgIpc) is 2.83. The van der Waals surface area contributed by atoms with E-state index in [0.29, 0.717) is 0 Å². The zero-order valence-corrected chi connectivity index (χ0v) is 9.74. The maximum atomic E-state index is 12.7. The predicted octanol–water partition coefficient (Wildman–Crippen LogP) is 2.16. The number of nitrogens with one attached hydrogen (secondary N) is 1. The third kappa shape index (κ3) is 3.22. The first-order chi connectivity index (χ1) is 9.00. The molecule has 0 bridgehead atoms. The van der Waals surface area contributed by atoms with Gasteiger partial charge in [0.25, 0.3) is 0 Å². The van der Waals surface area contributed by atoms with E-state index in [0.717, 1.165) is 6.07 Å². The molecule has 0 atom stereocenters. The Morgan fingerprint density at radius 1 is 1.21 bits per heavy atom. The van der Waals surface area contributed by atoms with Gasteiger partial charge in [0.05, 0.1) is 12.1 Å². The van der Waals surface area contributed by atoms with Gasteiger partial charge in [-0.05, 0) is 11.6 Å². The minimum Gasteiger partial charge on any atom is -0.407 e. The van der Waals surface area contributed by atoms with Gasteiger partial charge >= 0.3 is 12.2 Å². The largest absolute Gasteiger partial charge is 0.416 e. The van der Waals surface area contributed by atoms with Gasteiger partial charge in [0.15, 0.2) is 0 Å². The molecular formula is C11H11F3N4O. The molecule has 0 saturated heterocycles. The molecule has 0 spiro atoms. The summed E-state index contributed by atoms with van der Waals surface area (Å²) in [5.41, 5.74) is 4.68. The van der Waals surface area contributed by atoms with Crippen LogP contribution in [0.1, 0.15) is 17.0 Å². The molecule has 1 aromatic heterocycles. The second-order valence-corrected chi connectivity index (χ2v) is 3.71. The average molecular weight is 272 g/mol. The summed E-state index contributed by atoms with van der Waals surface area (Å²) in [5, 5.41) is 9.83. The van der Waals surface area contributed by atoms with E-state index < -0.39 is 11.7 Å². The van der Waals surface area contributed by atoms with Gasteiger partial charge in [-0.3, -0.25) is 0 Å². The number of benzene rings is 1. The van der Waals surface area contributed by atoms with Crippen molar-refractivity contribution >= 4 is 6.01 Å². The Kier molecular flexibility index (Phi) is 3.70. The van der Waals surface area contributed by atoms with E-state index in [1.54, 1.807) is 0 Å². The molecule has 2 rings (SSSR count). The van der Waals surface area contributed by atoms with Crippen molar-refractivity contribution in [2.75, 3.05) is 5.32 Å². The fraction of sp³-hybridized carbons (Fsp3) is 0.273. The van der Waals surface area contributed by atoms with E-state index in [4.69, 9.17) is 10.2 Å². The monoisotopic (exact) mass is 272 g/mol. The van der Waals surface area contributed by atoms with Crippen LogP contribution in [0.2, 0.25) is 0 Å². The second-order valence-electron chi connectivity index (χ2n) is 3.71. The van der Waals surface area contributed by atoms with Crippen LogP contribution in [0, 0.1) is 0 Å². The fourth-order valence-electron chi connectivity index (χ4n) is 1.53. The van der Waals surface area contributed by atoms with Gasteiger partial charge in [-0.25, -0.2) is 0 Å². The summed E-state index contributed by atoms with van der Waals surface area (Å²) in [6.45, 7) is 0.00963. The first-order valence-corrected chi connectivity index (χ1v) is 5.42. The molecule has 0 aliphatic carbocycles. The zero-order valence-electron chi connectivity index (χ0n) is 9.74. The van der Waals surface area contributed by atoms with E-state index in [1.165, 1.54) is 18.2 Å². The topological polar surface area (TPSA) is 77.0 Å². The molecule has 2 aromatic rings. The summed E-state index contributed by atoms with van der Waals surface area (Å²) in [5.74, 6) is 0.214. The Hall–Kier alpha value is -2.09. The molecule has 0 amide bonds. The van der Waals surface area contributed by atoms with Crippen LogP contribution in [0.3, 0.4) is 0 Å². The number of hydrogen-bond acceptors (Lipinski definition) is 5. The number of nitrogens with two attached hydrogens (primary N) is 1. The maximum absolute atomic E-state index is 12.7. The van der Waals surface area contributed by atoms with Crippen molar-refractivity contribution in [2.45, 2.75) is 19.3 Å². The Balaban J connectivity index is 2.11. The van der Waals surface area contributed by atoms with Gasteiger partial charge in [-0.1, -0.05) is 23.3 Å². The van der Waals surface area contributed by atoms with Crippen molar-refractivity contribution in [3.63, 3.8) is 0 Å². The molecule has 0 aliphatic heterocycles. The van der Waals surface area contributed by atoms with Crippen molar-refractivity contribution in [3.05, 3.63) is 41.3 Å². The number of nitrogens with zero attached hydrogens (tertiary/aromatic N) is 2. The molecule has 3 N–H and O–H groups in total. The maximum Gasteiger partial charge on any atom is 0.416 e. The van der Waals surface area contributed by atoms with Gasteiger partial charge in [-0.2, -0.15) is 13.2 Å². The molecular weight excluding hydrogens is 261 g/mol. The number of alkyl halides is 3. The summed E-state index contributed by atoms with van der Waals surface area (Å²) in [6, 6.07) is 5.32. The number of aromatic nitrogens is 2. The molecule has 1 heterocycles. The Labute approximate surface area is 106 Å². The lowest BCUT2D eigenvalue weighted by Gasteiger charge is -2.12. The van der Waals surface area contributed by atoms with Crippen molar-refractivity contribution in [3.8, 4) is 0 Å². The van der Waals surface area contributed by atoms with Gasteiger partial charge in [-0.15, -0.1) is 5.10 Å². The fourth-order valence-corrected chi connectivity index (χ4v) is 1.53. The van der Waals surface area contributed by atoms with Crippen molar-refractivity contribution in [1.29, 1.82) is 0 Å². The minimum absolute atomic E-state index is 0.0393. The van der Waals surface area contributed by atoms with Crippen LogP contribution in [0.4, 0.5) is 19.2 Å². The lowest BCUT2D eigenvalue weighted by molar-refractivity contribution is -0.138. The van der Waals surface area contributed by atoms with E-state index in [1.807, 2.05) is 0 Å². The quantitative estimate of drug-likeness (QED) is 0.891. The predicted molar refractivity (Wildman–Crippen MR) is 61.0 cm³/mol. The first kappa shape index (κ1) is 13.3. The minimum atomic E-state index is -4.39. The molecule has 0 aliphatic rings. The van der Waals surface area contributed by atoms with Gasteiger partial charge in [0.1, 0.15) is 0 Å². The molecule has 1 aromatic carbocycles. The highest BCUT2D eigenvalue weighted by Crippen LogP contribution is 2.32. The SMILES string of the molecule is NCc1nnc(NCc2ccccc2C(F)(F)F)o1. The van der Waals surface area contributed by atoms with E-state index in [9.17, 15) is 13.2 Å². The molecule has 8 heteroatoms. The third-order valence-electron chi connectivity index (χ3n) is 2.39. The Bertz CT molecular complexity index is 553. The number of halogens is 3. The normalized spacial score (nSPS) is 11.6. The van der Waals surface area contributed by atoms with Crippen molar-refractivity contribution in [1.82, 2.24) is 10.2 Å². The van der Waals surface area contributed by atoms with Crippen LogP contribution in [0.5, 0.6) is 0 Å². The molecule has 0 saturated carbocycles. The molecule has 19 heavy (non-hydrogen) atoms.